The lowest BCUT2D eigenvalue weighted by Crippen LogP contribution is -2.44. The van der Waals surface area contributed by atoms with Gasteiger partial charge in [0.05, 0.1) is 5.75 Å². The molecular formula is C15H29NO2S. The van der Waals surface area contributed by atoms with Crippen LogP contribution in [0.1, 0.15) is 58.3 Å². The molecule has 0 radical (unpaired) electrons. The lowest BCUT2D eigenvalue weighted by molar-refractivity contribution is 0.121. The Hall–Kier alpha value is -0.0900. The van der Waals surface area contributed by atoms with Gasteiger partial charge < -0.3 is 0 Å². The molecule has 2 saturated carbocycles. The van der Waals surface area contributed by atoms with Gasteiger partial charge in [-0.1, -0.05) is 32.6 Å². The average Bonchev–Trinajstić information content (AvgIpc) is 2.97. The molecule has 4 heteroatoms. The summed E-state index contributed by atoms with van der Waals surface area (Å²) in [6, 6.07) is 1.45. The average molecular weight is 287 g/mol. The van der Waals surface area contributed by atoms with Crippen LogP contribution in [0, 0.1) is 5.92 Å². The molecule has 1 atom stereocenters. The molecule has 2 fully saturated rings. The highest BCUT2D eigenvalue weighted by atomic mass is 32.2. The Morgan fingerprint density at radius 3 is 1.79 bits per heavy atom. The molecule has 0 spiro atoms. The highest BCUT2D eigenvalue weighted by Crippen LogP contribution is 2.32. The second-order valence-corrected chi connectivity index (χ2v) is 8.96. The quantitative estimate of drug-likeness (QED) is 0.754. The number of hydrogen-bond acceptors (Lipinski definition) is 3. The molecule has 3 nitrogen and oxygen atoms in total. The van der Waals surface area contributed by atoms with E-state index in [2.05, 4.69) is 11.8 Å². The van der Waals surface area contributed by atoms with Gasteiger partial charge in [0.25, 0.3) is 0 Å². The van der Waals surface area contributed by atoms with Crippen LogP contribution in [-0.4, -0.2) is 44.0 Å². The van der Waals surface area contributed by atoms with Crippen LogP contribution in [0.4, 0.5) is 0 Å². The van der Waals surface area contributed by atoms with E-state index in [0.717, 1.165) is 18.6 Å². The molecule has 2 rings (SSSR count). The smallest absolute Gasteiger partial charge is 0.147 e. The third-order valence-corrected chi connectivity index (χ3v) is 5.87. The maximum absolute atomic E-state index is 11.4. The third-order valence-electron chi connectivity index (χ3n) is 4.70. The number of hydrogen-bond donors (Lipinski definition) is 0. The zero-order valence-corrected chi connectivity index (χ0v) is 13.3. The maximum atomic E-state index is 11.4. The van der Waals surface area contributed by atoms with Gasteiger partial charge in [-0.2, -0.15) is 0 Å². The number of sulfone groups is 1. The van der Waals surface area contributed by atoms with Crippen molar-refractivity contribution >= 4 is 9.84 Å². The van der Waals surface area contributed by atoms with Gasteiger partial charge in [0.15, 0.2) is 0 Å². The zero-order chi connectivity index (χ0) is 13.9. The van der Waals surface area contributed by atoms with Gasteiger partial charge in [-0.15, -0.1) is 0 Å². The van der Waals surface area contributed by atoms with Gasteiger partial charge in [0, 0.05) is 24.9 Å². The predicted molar refractivity (Wildman–Crippen MR) is 80.1 cm³/mol. The van der Waals surface area contributed by atoms with Crippen molar-refractivity contribution in [2.45, 2.75) is 70.4 Å². The van der Waals surface area contributed by atoms with Crippen LogP contribution in [0.2, 0.25) is 0 Å². The Kier molecular flexibility index (Phi) is 5.29. The Morgan fingerprint density at radius 1 is 1.00 bits per heavy atom. The fraction of sp³-hybridized carbons (Fsp3) is 1.00. The minimum atomic E-state index is -2.84. The molecule has 2 aliphatic carbocycles. The molecule has 0 saturated heterocycles. The molecule has 0 aromatic carbocycles. The molecule has 0 aromatic rings. The normalized spacial score (nSPS) is 24.4. The monoisotopic (exact) mass is 287 g/mol. The van der Waals surface area contributed by atoms with Gasteiger partial charge >= 0.3 is 0 Å². The van der Waals surface area contributed by atoms with E-state index in [1.54, 1.807) is 0 Å². The topological polar surface area (TPSA) is 37.4 Å². The fourth-order valence-corrected chi connectivity index (χ4v) is 5.14. The van der Waals surface area contributed by atoms with Gasteiger partial charge in [0.2, 0.25) is 0 Å². The molecule has 19 heavy (non-hydrogen) atoms. The molecule has 0 heterocycles. The second-order valence-electron chi connectivity index (χ2n) is 6.77. The number of nitrogens with zero attached hydrogens (tertiary/aromatic N) is 1. The standard InChI is InChI=1S/C15H29NO2S/c1-13(12-19(2,17)18)11-16(14-7-3-4-8-14)15-9-5-6-10-15/h13-15H,3-12H2,1-2H3/t13-/m0/s1. The summed E-state index contributed by atoms with van der Waals surface area (Å²) in [5.41, 5.74) is 0. The highest BCUT2D eigenvalue weighted by molar-refractivity contribution is 7.90. The van der Waals surface area contributed by atoms with Crippen LogP contribution >= 0.6 is 0 Å². The summed E-state index contributed by atoms with van der Waals surface area (Å²) in [4.78, 5) is 2.68. The summed E-state index contributed by atoms with van der Waals surface area (Å²) < 4.78 is 22.9. The van der Waals surface area contributed by atoms with Crippen LogP contribution in [0.3, 0.4) is 0 Å². The van der Waals surface area contributed by atoms with Crippen LogP contribution < -0.4 is 0 Å². The molecule has 0 amide bonds. The van der Waals surface area contributed by atoms with Gasteiger partial charge in [-0.3, -0.25) is 4.90 Å². The van der Waals surface area contributed by atoms with Crippen molar-refractivity contribution in [1.29, 1.82) is 0 Å². The van der Waals surface area contributed by atoms with E-state index in [4.69, 9.17) is 0 Å². The van der Waals surface area contributed by atoms with Crippen molar-refractivity contribution in [3.05, 3.63) is 0 Å². The first kappa shape index (κ1) is 15.3. The molecule has 0 aromatic heterocycles. The minimum absolute atomic E-state index is 0.260. The lowest BCUT2D eigenvalue weighted by atomic mass is 10.1. The van der Waals surface area contributed by atoms with Gasteiger partial charge in [-0.05, 0) is 31.6 Å². The molecule has 0 aliphatic heterocycles. The SMILES string of the molecule is C[C@@H](CN(C1CCCC1)C1CCCC1)CS(C)(=O)=O. The van der Waals surface area contributed by atoms with Crippen LogP contribution in [0.15, 0.2) is 0 Å². The first-order valence-electron chi connectivity index (χ1n) is 7.89. The Labute approximate surface area is 118 Å². The first-order valence-corrected chi connectivity index (χ1v) is 9.95. The van der Waals surface area contributed by atoms with Crippen LogP contribution in [0.25, 0.3) is 0 Å². The lowest BCUT2D eigenvalue weighted by Gasteiger charge is -2.36. The summed E-state index contributed by atoms with van der Waals surface area (Å²) in [5, 5.41) is 0. The van der Waals surface area contributed by atoms with Crippen molar-refractivity contribution in [1.82, 2.24) is 4.90 Å². The van der Waals surface area contributed by atoms with Crippen molar-refractivity contribution in [2.24, 2.45) is 5.92 Å². The highest BCUT2D eigenvalue weighted by Gasteiger charge is 2.31. The maximum Gasteiger partial charge on any atom is 0.147 e. The zero-order valence-electron chi connectivity index (χ0n) is 12.5. The van der Waals surface area contributed by atoms with Crippen molar-refractivity contribution in [3.63, 3.8) is 0 Å². The first-order chi connectivity index (χ1) is 8.96. The molecular weight excluding hydrogens is 258 g/mol. The second kappa shape index (κ2) is 6.57. The fourth-order valence-electron chi connectivity index (χ4n) is 4.00. The van der Waals surface area contributed by atoms with E-state index in [1.165, 1.54) is 57.6 Å². The van der Waals surface area contributed by atoms with Gasteiger partial charge in [0.1, 0.15) is 9.84 Å². The minimum Gasteiger partial charge on any atom is -0.297 e. The molecule has 0 bridgehead atoms. The molecule has 112 valence electrons. The van der Waals surface area contributed by atoms with E-state index in [-0.39, 0.29) is 5.92 Å². The van der Waals surface area contributed by atoms with Gasteiger partial charge in [-0.25, -0.2) is 8.42 Å². The summed E-state index contributed by atoms with van der Waals surface area (Å²) >= 11 is 0. The summed E-state index contributed by atoms with van der Waals surface area (Å²) in [6.45, 7) is 3.07. The summed E-state index contributed by atoms with van der Waals surface area (Å²) in [7, 11) is -2.84. The molecule has 2 aliphatic rings. The summed E-state index contributed by atoms with van der Waals surface area (Å²) in [6.07, 6.45) is 12.1. The molecule has 0 unspecified atom stereocenters. The van der Waals surface area contributed by atoms with Crippen molar-refractivity contribution in [3.8, 4) is 0 Å². The number of rotatable bonds is 6. The molecule has 0 N–H and O–H groups in total. The van der Waals surface area contributed by atoms with E-state index >= 15 is 0 Å². The third kappa shape index (κ3) is 4.75. The largest absolute Gasteiger partial charge is 0.297 e. The predicted octanol–water partition coefficient (Wildman–Crippen LogP) is 2.85. The van der Waals surface area contributed by atoms with E-state index in [1.807, 2.05) is 0 Å². The van der Waals surface area contributed by atoms with E-state index in [9.17, 15) is 8.42 Å². The van der Waals surface area contributed by atoms with E-state index in [0.29, 0.717) is 5.75 Å². The van der Waals surface area contributed by atoms with Crippen LogP contribution in [-0.2, 0) is 9.84 Å². The Bertz CT molecular complexity index is 352. The van der Waals surface area contributed by atoms with Crippen LogP contribution in [0.5, 0.6) is 0 Å². The van der Waals surface area contributed by atoms with Crippen molar-refractivity contribution < 1.29 is 8.42 Å². The Morgan fingerprint density at radius 2 is 1.42 bits per heavy atom. The van der Waals surface area contributed by atoms with Crippen molar-refractivity contribution in [2.75, 3.05) is 18.6 Å². The van der Waals surface area contributed by atoms with E-state index < -0.39 is 9.84 Å². The summed E-state index contributed by atoms with van der Waals surface area (Å²) in [5.74, 6) is 0.597. The Balaban J connectivity index is 1.96.